The molecule has 1 aliphatic rings. The number of likely N-dealkylation sites (N-methyl/N-ethyl adjacent to an activating group) is 1. The van der Waals surface area contributed by atoms with Crippen LogP contribution in [0.4, 0.5) is 5.82 Å². The molecule has 0 radical (unpaired) electrons. The lowest BCUT2D eigenvalue weighted by Crippen LogP contribution is -2.44. The number of ether oxygens (including phenoxy) is 2. The second kappa shape index (κ2) is 9.12. The molecule has 8 heteroatoms. The maximum Gasteiger partial charge on any atom is 0.251 e. The first-order valence-electron chi connectivity index (χ1n) is 9.10. The Kier molecular flexibility index (Phi) is 6.59. The summed E-state index contributed by atoms with van der Waals surface area (Å²) in [6.07, 6.45) is 1.80. The highest BCUT2D eigenvalue weighted by atomic mass is 35.5. The van der Waals surface area contributed by atoms with E-state index in [0.29, 0.717) is 28.6 Å². The number of pyridine rings is 1. The van der Waals surface area contributed by atoms with Gasteiger partial charge in [-0.05, 0) is 30.8 Å². The van der Waals surface area contributed by atoms with Crippen molar-refractivity contribution in [1.29, 1.82) is 0 Å². The van der Waals surface area contributed by atoms with Crippen molar-refractivity contribution in [2.75, 3.05) is 52.3 Å². The number of nitrogens with one attached hydrogen (secondary N) is 1. The SMILES string of the molecule is COc1cc(C(=O)NCc2ccc(N3CCN(C)CC3)nc2)cc(Cl)c1OC. The molecule has 0 aliphatic carbocycles. The number of benzene rings is 1. The predicted octanol–water partition coefficient (Wildman–Crippen LogP) is 2.43. The Morgan fingerprint density at radius 1 is 1.18 bits per heavy atom. The van der Waals surface area contributed by atoms with Crippen molar-refractivity contribution in [2.24, 2.45) is 0 Å². The van der Waals surface area contributed by atoms with E-state index in [1.54, 1.807) is 18.3 Å². The highest BCUT2D eigenvalue weighted by Crippen LogP contribution is 2.35. The average molecular weight is 405 g/mol. The molecule has 1 saturated heterocycles. The van der Waals surface area contributed by atoms with E-state index in [2.05, 4.69) is 27.1 Å². The second-order valence-electron chi connectivity index (χ2n) is 6.69. The molecule has 1 N–H and O–H groups in total. The number of halogens is 1. The molecule has 3 rings (SSSR count). The Morgan fingerprint density at radius 3 is 2.54 bits per heavy atom. The van der Waals surface area contributed by atoms with Crippen LogP contribution in [-0.2, 0) is 6.54 Å². The number of piperazine rings is 1. The molecule has 1 aromatic carbocycles. The maximum atomic E-state index is 12.5. The van der Waals surface area contributed by atoms with Crippen LogP contribution in [-0.4, -0.2) is 63.2 Å². The number of methoxy groups -OCH3 is 2. The summed E-state index contributed by atoms with van der Waals surface area (Å²) >= 11 is 6.17. The Bertz CT molecular complexity index is 821. The number of anilines is 1. The number of amides is 1. The van der Waals surface area contributed by atoms with E-state index in [4.69, 9.17) is 21.1 Å². The predicted molar refractivity (Wildman–Crippen MR) is 110 cm³/mol. The minimum Gasteiger partial charge on any atom is -0.493 e. The van der Waals surface area contributed by atoms with Crippen molar-refractivity contribution in [1.82, 2.24) is 15.2 Å². The van der Waals surface area contributed by atoms with Gasteiger partial charge in [-0.15, -0.1) is 0 Å². The normalized spacial score (nSPS) is 14.6. The summed E-state index contributed by atoms with van der Waals surface area (Å²) in [7, 11) is 5.13. The van der Waals surface area contributed by atoms with Crippen LogP contribution in [0.1, 0.15) is 15.9 Å². The van der Waals surface area contributed by atoms with E-state index >= 15 is 0 Å². The highest BCUT2D eigenvalue weighted by Gasteiger charge is 2.16. The molecule has 1 aliphatic heterocycles. The first-order chi connectivity index (χ1) is 13.5. The Hall–Kier alpha value is -2.51. The summed E-state index contributed by atoms with van der Waals surface area (Å²) in [5, 5.41) is 3.21. The van der Waals surface area contributed by atoms with Gasteiger partial charge in [0.2, 0.25) is 0 Å². The number of carbonyl (C=O) groups is 1. The molecule has 7 nitrogen and oxygen atoms in total. The van der Waals surface area contributed by atoms with Gasteiger partial charge in [0.1, 0.15) is 5.82 Å². The standard InChI is InChI=1S/C20H25ClN4O3/c1-24-6-8-25(9-7-24)18-5-4-14(12-22-18)13-23-20(26)15-10-16(21)19(28-3)17(11-15)27-2/h4-5,10-12H,6-9,13H2,1-3H3,(H,23,26). The molecule has 0 bridgehead atoms. The number of aromatic nitrogens is 1. The van der Waals surface area contributed by atoms with Gasteiger partial charge in [-0.25, -0.2) is 4.98 Å². The van der Waals surface area contributed by atoms with Gasteiger partial charge >= 0.3 is 0 Å². The van der Waals surface area contributed by atoms with Gasteiger partial charge in [-0.2, -0.15) is 0 Å². The summed E-state index contributed by atoms with van der Waals surface area (Å²) in [5.41, 5.74) is 1.34. The molecule has 2 heterocycles. The third-order valence-electron chi connectivity index (χ3n) is 4.79. The van der Waals surface area contributed by atoms with Crippen molar-refractivity contribution in [3.8, 4) is 11.5 Å². The molecule has 0 saturated carbocycles. The number of hydrogen-bond donors (Lipinski definition) is 1. The van der Waals surface area contributed by atoms with Crippen molar-refractivity contribution in [2.45, 2.75) is 6.54 Å². The summed E-state index contributed by atoms with van der Waals surface area (Å²) in [6.45, 7) is 4.39. The summed E-state index contributed by atoms with van der Waals surface area (Å²) in [5.74, 6) is 1.55. The fourth-order valence-electron chi connectivity index (χ4n) is 3.08. The van der Waals surface area contributed by atoms with Gasteiger partial charge in [0.25, 0.3) is 5.91 Å². The Balaban J connectivity index is 1.61. The topological polar surface area (TPSA) is 66.9 Å². The molecular formula is C20H25ClN4O3. The van der Waals surface area contributed by atoms with Crippen LogP contribution in [0.3, 0.4) is 0 Å². The lowest BCUT2D eigenvalue weighted by atomic mass is 10.1. The largest absolute Gasteiger partial charge is 0.493 e. The van der Waals surface area contributed by atoms with Crippen LogP contribution >= 0.6 is 11.6 Å². The summed E-state index contributed by atoms with van der Waals surface area (Å²) < 4.78 is 10.4. The van der Waals surface area contributed by atoms with Gasteiger partial charge in [0.05, 0.1) is 19.2 Å². The molecule has 150 valence electrons. The maximum absolute atomic E-state index is 12.5. The van der Waals surface area contributed by atoms with Crippen molar-refractivity contribution < 1.29 is 14.3 Å². The zero-order chi connectivity index (χ0) is 20.1. The first-order valence-corrected chi connectivity index (χ1v) is 9.47. The van der Waals surface area contributed by atoms with Crippen LogP contribution in [0.2, 0.25) is 5.02 Å². The number of carbonyl (C=O) groups excluding carboxylic acids is 1. The van der Waals surface area contributed by atoms with E-state index in [0.717, 1.165) is 37.6 Å². The van der Waals surface area contributed by atoms with Crippen molar-refractivity contribution >= 4 is 23.3 Å². The molecule has 0 spiro atoms. The van der Waals surface area contributed by atoms with Crippen LogP contribution in [0.5, 0.6) is 11.5 Å². The number of nitrogens with zero attached hydrogens (tertiary/aromatic N) is 3. The molecule has 1 amide bonds. The van der Waals surface area contributed by atoms with Crippen LogP contribution in [0.15, 0.2) is 30.5 Å². The van der Waals surface area contributed by atoms with Crippen LogP contribution in [0, 0.1) is 0 Å². The van der Waals surface area contributed by atoms with E-state index < -0.39 is 0 Å². The fraction of sp³-hybridized carbons (Fsp3) is 0.400. The van der Waals surface area contributed by atoms with Crippen LogP contribution in [0.25, 0.3) is 0 Å². The zero-order valence-corrected chi connectivity index (χ0v) is 17.1. The molecule has 1 aromatic heterocycles. The quantitative estimate of drug-likeness (QED) is 0.797. The highest BCUT2D eigenvalue weighted by molar-refractivity contribution is 6.32. The third-order valence-corrected chi connectivity index (χ3v) is 5.07. The third kappa shape index (κ3) is 4.66. The van der Waals surface area contributed by atoms with Gasteiger partial charge in [-0.1, -0.05) is 17.7 Å². The molecule has 0 atom stereocenters. The summed E-state index contributed by atoms with van der Waals surface area (Å²) in [4.78, 5) is 21.6. The van der Waals surface area contributed by atoms with Crippen LogP contribution < -0.4 is 19.7 Å². The lowest BCUT2D eigenvalue weighted by molar-refractivity contribution is 0.0950. The van der Waals surface area contributed by atoms with E-state index in [1.807, 2.05) is 12.1 Å². The van der Waals surface area contributed by atoms with Gasteiger partial charge < -0.3 is 24.6 Å². The van der Waals surface area contributed by atoms with E-state index in [9.17, 15) is 4.79 Å². The van der Waals surface area contributed by atoms with Crippen molar-refractivity contribution in [3.63, 3.8) is 0 Å². The first kappa shape index (κ1) is 20.2. The molecule has 28 heavy (non-hydrogen) atoms. The van der Waals surface area contributed by atoms with Gasteiger partial charge in [0.15, 0.2) is 11.5 Å². The zero-order valence-electron chi connectivity index (χ0n) is 16.4. The van der Waals surface area contributed by atoms with E-state index in [-0.39, 0.29) is 5.91 Å². The second-order valence-corrected chi connectivity index (χ2v) is 7.10. The molecular weight excluding hydrogens is 380 g/mol. The number of hydrogen-bond acceptors (Lipinski definition) is 6. The lowest BCUT2D eigenvalue weighted by Gasteiger charge is -2.33. The minimum absolute atomic E-state index is 0.244. The van der Waals surface area contributed by atoms with Crippen molar-refractivity contribution in [3.05, 3.63) is 46.6 Å². The summed E-state index contributed by atoms with van der Waals surface area (Å²) in [6, 6.07) is 7.16. The van der Waals surface area contributed by atoms with Gasteiger partial charge in [-0.3, -0.25) is 4.79 Å². The smallest absolute Gasteiger partial charge is 0.251 e. The number of rotatable bonds is 6. The average Bonchev–Trinajstić information content (AvgIpc) is 2.72. The van der Waals surface area contributed by atoms with E-state index in [1.165, 1.54) is 14.2 Å². The minimum atomic E-state index is -0.244. The molecule has 2 aromatic rings. The Morgan fingerprint density at radius 2 is 1.93 bits per heavy atom. The fourth-order valence-corrected chi connectivity index (χ4v) is 3.37. The Labute approximate surface area is 170 Å². The molecule has 1 fully saturated rings. The van der Waals surface area contributed by atoms with Gasteiger partial charge in [0, 0.05) is 44.5 Å². The monoisotopic (exact) mass is 404 g/mol. The molecule has 0 unspecified atom stereocenters.